The summed E-state index contributed by atoms with van der Waals surface area (Å²) in [6, 6.07) is 15.0. The molecular weight excluding hydrogens is 338 g/mol. The van der Waals surface area contributed by atoms with Gasteiger partial charge in [0.05, 0.1) is 5.41 Å². The average Bonchev–Trinajstić information content (AvgIpc) is 3.15. The van der Waals surface area contributed by atoms with E-state index in [0.717, 1.165) is 16.7 Å². The highest BCUT2D eigenvalue weighted by molar-refractivity contribution is 6.30. The fourth-order valence-electron chi connectivity index (χ4n) is 2.51. The molecule has 0 aliphatic rings. The topological polar surface area (TPSA) is 83.6 Å². The molecule has 1 amide bonds. The number of halogens is 1. The third-order valence-corrected chi connectivity index (χ3v) is 4.37. The summed E-state index contributed by atoms with van der Waals surface area (Å²) < 4.78 is 0. The predicted molar refractivity (Wildman–Crippen MR) is 95.9 cm³/mol. The molecule has 0 aliphatic carbocycles. The summed E-state index contributed by atoms with van der Waals surface area (Å²) in [7, 11) is 0. The normalized spacial score (nSPS) is 11.3. The molecule has 0 bridgehead atoms. The van der Waals surface area contributed by atoms with Gasteiger partial charge >= 0.3 is 0 Å². The van der Waals surface area contributed by atoms with Crippen molar-refractivity contribution in [2.45, 2.75) is 25.8 Å². The minimum atomic E-state index is -0.657. The van der Waals surface area contributed by atoms with E-state index in [0.29, 0.717) is 17.4 Å². The third-order valence-electron chi connectivity index (χ3n) is 4.12. The summed E-state index contributed by atoms with van der Waals surface area (Å²) in [6.45, 7) is 4.20. The van der Waals surface area contributed by atoms with Crippen molar-refractivity contribution in [1.29, 1.82) is 0 Å². The van der Waals surface area contributed by atoms with E-state index in [9.17, 15) is 4.79 Å². The molecule has 25 heavy (non-hydrogen) atoms. The first-order chi connectivity index (χ1) is 12.0. The highest BCUT2D eigenvalue weighted by atomic mass is 35.5. The average molecular weight is 356 g/mol. The summed E-state index contributed by atoms with van der Waals surface area (Å²) in [4.78, 5) is 12.7. The van der Waals surface area contributed by atoms with E-state index >= 15 is 0 Å². The van der Waals surface area contributed by atoms with Crippen LogP contribution in [0.3, 0.4) is 0 Å². The lowest BCUT2D eigenvalue weighted by Crippen LogP contribution is -2.39. The molecule has 1 heterocycles. The number of amides is 1. The Hall–Kier alpha value is -2.73. The zero-order valence-electron chi connectivity index (χ0n) is 14.0. The lowest BCUT2D eigenvalue weighted by atomic mass is 9.83. The maximum absolute atomic E-state index is 12.7. The van der Waals surface area contributed by atoms with Crippen LogP contribution >= 0.6 is 11.6 Å². The molecular formula is C18H18ClN5O. The van der Waals surface area contributed by atoms with Crippen LogP contribution in [0.5, 0.6) is 0 Å². The van der Waals surface area contributed by atoms with E-state index in [1.165, 1.54) is 0 Å². The van der Waals surface area contributed by atoms with Crippen molar-refractivity contribution in [1.82, 2.24) is 25.9 Å². The molecule has 0 saturated heterocycles. The van der Waals surface area contributed by atoms with Gasteiger partial charge in [-0.3, -0.25) is 4.79 Å². The number of nitrogens with zero attached hydrogens (tertiary/aromatic N) is 3. The van der Waals surface area contributed by atoms with Crippen LogP contribution in [-0.2, 0) is 16.8 Å². The van der Waals surface area contributed by atoms with Gasteiger partial charge in [-0.05, 0) is 48.4 Å². The van der Waals surface area contributed by atoms with Crippen LogP contribution in [0, 0.1) is 0 Å². The number of aromatic nitrogens is 4. The SMILES string of the molecule is CC(C)(C(=O)NCc1cccc(-c2nn[nH]n2)c1)c1ccc(Cl)cc1. The molecule has 3 rings (SSSR count). The number of tetrazole rings is 1. The zero-order valence-corrected chi connectivity index (χ0v) is 14.7. The minimum Gasteiger partial charge on any atom is -0.351 e. The van der Waals surface area contributed by atoms with Crippen LogP contribution < -0.4 is 5.32 Å². The van der Waals surface area contributed by atoms with Gasteiger partial charge in [-0.15, -0.1) is 10.2 Å². The monoisotopic (exact) mass is 355 g/mol. The Morgan fingerprint density at radius 3 is 2.64 bits per heavy atom. The van der Waals surface area contributed by atoms with Crippen molar-refractivity contribution >= 4 is 17.5 Å². The van der Waals surface area contributed by atoms with Gasteiger partial charge < -0.3 is 5.32 Å². The largest absolute Gasteiger partial charge is 0.351 e. The number of carbonyl (C=O) groups excluding carboxylic acids is 1. The highest BCUT2D eigenvalue weighted by Gasteiger charge is 2.29. The highest BCUT2D eigenvalue weighted by Crippen LogP contribution is 2.25. The second-order valence-electron chi connectivity index (χ2n) is 6.25. The van der Waals surface area contributed by atoms with Gasteiger partial charge in [-0.2, -0.15) is 5.21 Å². The van der Waals surface area contributed by atoms with Crippen LogP contribution in [0.25, 0.3) is 11.4 Å². The van der Waals surface area contributed by atoms with Gasteiger partial charge in [0.2, 0.25) is 11.7 Å². The van der Waals surface area contributed by atoms with Gasteiger partial charge in [0.15, 0.2) is 0 Å². The summed E-state index contributed by atoms with van der Waals surface area (Å²) in [5.74, 6) is 0.467. The van der Waals surface area contributed by atoms with Crippen LogP contribution in [0.4, 0.5) is 0 Å². The summed E-state index contributed by atoms with van der Waals surface area (Å²) in [6.07, 6.45) is 0. The smallest absolute Gasteiger partial charge is 0.230 e. The maximum Gasteiger partial charge on any atom is 0.230 e. The minimum absolute atomic E-state index is 0.0558. The van der Waals surface area contributed by atoms with Crippen LogP contribution in [0.2, 0.25) is 5.02 Å². The molecule has 128 valence electrons. The fourth-order valence-corrected chi connectivity index (χ4v) is 2.63. The Labute approximate surface area is 150 Å². The zero-order chi connectivity index (χ0) is 17.9. The second kappa shape index (κ2) is 7.03. The molecule has 0 radical (unpaired) electrons. The lowest BCUT2D eigenvalue weighted by molar-refractivity contribution is -0.125. The molecule has 0 atom stereocenters. The predicted octanol–water partition coefficient (Wildman–Crippen LogP) is 3.11. The van der Waals surface area contributed by atoms with Crippen molar-refractivity contribution in [3.8, 4) is 11.4 Å². The quantitative estimate of drug-likeness (QED) is 0.736. The van der Waals surface area contributed by atoms with E-state index in [4.69, 9.17) is 11.6 Å². The number of H-pyrrole nitrogens is 1. The summed E-state index contributed by atoms with van der Waals surface area (Å²) in [5, 5.41) is 17.6. The molecule has 6 nitrogen and oxygen atoms in total. The molecule has 2 aromatic carbocycles. The van der Waals surface area contributed by atoms with Crippen LogP contribution in [0.1, 0.15) is 25.0 Å². The molecule has 0 fully saturated rings. The maximum atomic E-state index is 12.7. The van der Waals surface area contributed by atoms with Crippen LogP contribution in [-0.4, -0.2) is 26.5 Å². The summed E-state index contributed by atoms with van der Waals surface area (Å²) >= 11 is 5.92. The molecule has 0 spiro atoms. The lowest BCUT2D eigenvalue weighted by Gasteiger charge is -2.24. The van der Waals surface area contributed by atoms with Crippen molar-refractivity contribution in [3.63, 3.8) is 0 Å². The molecule has 0 aliphatic heterocycles. The number of nitrogens with one attached hydrogen (secondary N) is 2. The number of carbonyl (C=O) groups is 1. The number of benzene rings is 2. The summed E-state index contributed by atoms with van der Waals surface area (Å²) in [5.41, 5.74) is 2.06. The Morgan fingerprint density at radius 1 is 1.20 bits per heavy atom. The van der Waals surface area contributed by atoms with E-state index in [1.54, 1.807) is 12.1 Å². The first-order valence-electron chi connectivity index (χ1n) is 7.84. The Kier molecular flexibility index (Phi) is 4.81. The Bertz CT molecular complexity index is 859. The van der Waals surface area contributed by atoms with Gasteiger partial charge in [-0.25, -0.2) is 0 Å². The molecule has 7 heteroatoms. The van der Waals surface area contributed by atoms with Gasteiger partial charge in [0.25, 0.3) is 0 Å². The van der Waals surface area contributed by atoms with Gasteiger partial charge in [-0.1, -0.05) is 41.9 Å². The van der Waals surface area contributed by atoms with Crippen molar-refractivity contribution in [2.24, 2.45) is 0 Å². The first kappa shape index (κ1) is 17.1. The van der Waals surface area contributed by atoms with Crippen LogP contribution in [0.15, 0.2) is 48.5 Å². The molecule has 2 N–H and O–H groups in total. The Morgan fingerprint density at radius 2 is 1.96 bits per heavy atom. The number of rotatable bonds is 5. The molecule has 0 saturated carbocycles. The standard InChI is InChI=1S/C18H18ClN5O/c1-18(2,14-6-8-15(19)9-7-14)17(25)20-11-12-4-3-5-13(10-12)16-21-23-24-22-16/h3-10H,11H2,1-2H3,(H,20,25)(H,21,22,23,24). The number of hydrogen-bond donors (Lipinski definition) is 2. The van der Waals surface area contributed by atoms with Crippen molar-refractivity contribution < 1.29 is 4.79 Å². The molecule has 1 aromatic heterocycles. The third kappa shape index (κ3) is 3.85. The van der Waals surface area contributed by atoms with Crippen molar-refractivity contribution in [3.05, 3.63) is 64.7 Å². The molecule has 0 unspecified atom stereocenters. The van der Waals surface area contributed by atoms with E-state index < -0.39 is 5.41 Å². The van der Waals surface area contributed by atoms with E-state index in [2.05, 4.69) is 25.9 Å². The Balaban J connectivity index is 1.69. The fraction of sp³-hybridized carbons (Fsp3) is 0.222. The van der Waals surface area contributed by atoms with E-state index in [1.807, 2.05) is 50.2 Å². The number of hydrogen-bond acceptors (Lipinski definition) is 4. The number of aromatic amines is 1. The first-order valence-corrected chi connectivity index (χ1v) is 8.22. The second-order valence-corrected chi connectivity index (χ2v) is 6.69. The van der Waals surface area contributed by atoms with Gasteiger partial charge in [0.1, 0.15) is 0 Å². The molecule has 3 aromatic rings. The van der Waals surface area contributed by atoms with Crippen molar-refractivity contribution in [2.75, 3.05) is 0 Å². The van der Waals surface area contributed by atoms with E-state index in [-0.39, 0.29) is 5.91 Å². The van der Waals surface area contributed by atoms with Gasteiger partial charge in [0, 0.05) is 17.1 Å².